The van der Waals surface area contributed by atoms with Gasteiger partial charge >= 0.3 is 0 Å². The third-order valence-electron chi connectivity index (χ3n) is 2.59. The van der Waals surface area contributed by atoms with Crippen LogP contribution in [-0.4, -0.2) is 0 Å². The molecule has 0 fully saturated rings. The maximum atomic E-state index is 6.15. The number of benzene rings is 1. The number of nitrogens with two attached hydrogens (primary N) is 2. The molecule has 14 heavy (non-hydrogen) atoms. The van der Waals surface area contributed by atoms with Crippen molar-refractivity contribution in [1.29, 1.82) is 0 Å². The van der Waals surface area contributed by atoms with Crippen molar-refractivity contribution < 1.29 is 0 Å². The highest BCUT2D eigenvalue weighted by molar-refractivity contribution is 5.48. The van der Waals surface area contributed by atoms with Crippen LogP contribution in [0.5, 0.6) is 0 Å². The molecule has 0 saturated heterocycles. The number of anilines is 1. The standard InChI is InChI=1S/C12H20N2/c1-8-7-9(5-6-10(8)13)11(14)12(2,3)4/h5-7,11H,13-14H2,1-4H3/t11-/m1/s1. The van der Waals surface area contributed by atoms with Gasteiger partial charge < -0.3 is 11.5 Å². The average Bonchev–Trinajstić information content (AvgIpc) is 2.07. The van der Waals surface area contributed by atoms with Gasteiger partial charge in [0.05, 0.1) is 0 Å². The summed E-state index contributed by atoms with van der Waals surface area (Å²) in [6.45, 7) is 8.43. The number of nitrogen functional groups attached to an aromatic ring is 1. The molecule has 0 amide bonds. The van der Waals surface area contributed by atoms with Crippen LogP contribution in [0.1, 0.15) is 37.9 Å². The van der Waals surface area contributed by atoms with Crippen LogP contribution in [-0.2, 0) is 0 Å². The van der Waals surface area contributed by atoms with Crippen molar-refractivity contribution >= 4 is 5.69 Å². The fraction of sp³-hybridized carbons (Fsp3) is 0.500. The predicted molar refractivity (Wildman–Crippen MR) is 62.0 cm³/mol. The first-order chi connectivity index (χ1) is 6.32. The fourth-order valence-electron chi connectivity index (χ4n) is 1.39. The molecule has 0 aliphatic heterocycles. The smallest absolute Gasteiger partial charge is 0.0344 e. The summed E-state index contributed by atoms with van der Waals surface area (Å²) in [6, 6.07) is 6.07. The summed E-state index contributed by atoms with van der Waals surface area (Å²) in [5.74, 6) is 0. The molecule has 2 nitrogen and oxygen atoms in total. The van der Waals surface area contributed by atoms with Crippen LogP contribution in [0.3, 0.4) is 0 Å². The summed E-state index contributed by atoms with van der Waals surface area (Å²) in [6.07, 6.45) is 0. The number of hydrogen-bond acceptors (Lipinski definition) is 2. The van der Waals surface area contributed by atoms with E-state index in [1.54, 1.807) is 0 Å². The lowest BCUT2D eigenvalue weighted by atomic mass is 9.82. The van der Waals surface area contributed by atoms with Crippen LogP contribution < -0.4 is 11.5 Å². The Morgan fingerprint density at radius 3 is 2.21 bits per heavy atom. The second-order valence-corrected chi connectivity index (χ2v) is 4.96. The van der Waals surface area contributed by atoms with Gasteiger partial charge in [-0.15, -0.1) is 0 Å². The Morgan fingerprint density at radius 1 is 1.21 bits per heavy atom. The summed E-state index contributed by atoms with van der Waals surface area (Å²) >= 11 is 0. The lowest BCUT2D eigenvalue weighted by molar-refractivity contribution is 0.327. The molecule has 0 spiro atoms. The van der Waals surface area contributed by atoms with Crippen LogP contribution in [0.2, 0.25) is 0 Å². The maximum absolute atomic E-state index is 6.15. The van der Waals surface area contributed by atoms with Crippen LogP contribution in [0.15, 0.2) is 18.2 Å². The molecular weight excluding hydrogens is 172 g/mol. The zero-order chi connectivity index (χ0) is 10.9. The number of rotatable bonds is 1. The SMILES string of the molecule is Cc1cc([C@@H](N)C(C)(C)C)ccc1N. The Hall–Kier alpha value is -1.02. The van der Waals surface area contributed by atoms with Crippen molar-refractivity contribution in [3.05, 3.63) is 29.3 Å². The second-order valence-electron chi connectivity index (χ2n) is 4.96. The van der Waals surface area contributed by atoms with Gasteiger partial charge in [-0.3, -0.25) is 0 Å². The van der Waals surface area contributed by atoms with Crippen molar-refractivity contribution in [2.24, 2.45) is 11.1 Å². The van der Waals surface area contributed by atoms with Gasteiger partial charge in [-0.25, -0.2) is 0 Å². The van der Waals surface area contributed by atoms with Crippen LogP contribution in [0, 0.1) is 12.3 Å². The Balaban J connectivity index is 3.03. The molecule has 0 aliphatic carbocycles. The van der Waals surface area contributed by atoms with Gasteiger partial charge in [0.1, 0.15) is 0 Å². The van der Waals surface area contributed by atoms with E-state index in [9.17, 15) is 0 Å². The van der Waals surface area contributed by atoms with E-state index in [0.29, 0.717) is 0 Å². The van der Waals surface area contributed by atoms with E-state index in [-0.39, 0.29) is 11.5 Å². The molecular formula is C12H20N2. The highest BCUT2D eigenvalue weighted by Crippen LogP contribution is 2.31. The molecule has 0 heterocycles. The molecule has 0 bridgehead atoms. The average molecular weight is 192 g/mol. The van der Waals surface area contributed by atoms with Crippen LogP contribution in [0.4, 0.5) is 5.69 Å². The monoisotopic (exact) mass is 192 g/mol. The molecule has 0 saturated carbocycles. The van der Waals surface area contributed by atoms with E-state index in [4.69, 9.17) is 11.5 Å². The molecule has 1 rings (SSSR count). The second kappa shape index (κ2) is 3.62. The topological polar surface area (TPSA) is 52.0 Å². The van der Waals surface area contributed by atoms with Crippen molar-refractivity contribution in [3.8, 4) is 0 Å². The summed E-state index contributed by atoms with van der Waals surface area (Å²) in [4.78, 5) is 0. The summed E-state index contributed by atoms with van der Waals surface area (Å²) < 4.78 is 0. The van der Waals surface area contributed by atoms with Gasteiger partial charge in [0.25, 0.3) is 0 Å². The van der Waals surface area contributed by atoms with Gasteiger partial charge in [-0.2, -0.15) is 0 Å². The molecule has 2 heteroatoms. The molecule has 0 unspecified atom stereocenters. The molecule has 0 aliphatic rings. The van der Waals surface area contributed by atoms with Crippen molar-refractivity contribution in [1.82, 2.24) is 0 Å². The van der Waals surface area contributed by atoms with Gasteiger partial charge in [-0.05, 0) is 29.5 Å². The maximum Gasteiger partial charge on any atom is 0.0344 e. The molecule has 1 aromatic rings. The zero-order valence-corrected chi connectivity index (χ0v) is 9.46. The minimum absolute atomic E-state index is 0.0572. The van der Waals surface area contributed by atoms with Crippen molar-refractivity contribution in [2.45, 2.75) is 33.7 Å². The first-order valence-electron chi connectivity index (χ1n) is 4.94. The molecule has 4 N–H and O–H groups in total. The fourth-order valence-corrected chi connectivity index (χ4v) is 1.39. The van der Waals surface area contributed by atoms with Crippen molar-refractivity contribution in [2.75, 3.05) is 5.73 Å². The predicted octanol–water partition coefficient (Wildman–Crippen LogP) is 2.62. The van der Waals surface area contributed by atoms with Crippen molar-refractivity contribution in [3.63, 3.8) is 0 Å². The van der Waals surface area contributed by atoms with E-state index in [0.717, 1.165) is 16.8 Å². The van der Waals surface area contributed by atoms with E-state index >= 15 is 0 Å². The van der Waals surface area contributed by atoms with Gasteiger partial charge in [0.15, 0.2) is 0 Å². The van der Waals surface area contributed by atoms with E-state index < -0.39 is 0 Å². The van der Waals surface area contributed by atoms with E-state index in [2.05, 4.69) is 26.8 Å². The number of aryl methyl sites for hydroxylation is 1. The highest BCUT2D eigenvalue weighted by Gasteiger charge is 2.22. The third-order valence-corrected chi connectivity index (χ3v) is 2.59. The molecule has 78 valence electrons. The zero-order valence-electron chi connectivity index (χ0n) is 9.46. The Bertz CT molecular complexity index is 324. The summed E-state index contributed by atoms with van der Waals surface area (Å²) in [5, 5.41) is 0. The Kier molecular flexibility index (Phi) is 2.86. The molecule has 0 radical (unpaired) electrons. The van der Waals surface area contributed by atoms with E-state index in [1.165, 1.54) is 0 Å². The molecule has 1 aromatic carbocycles. The number of hydrogen-bond donors (Lipinski definition) is 2. The third kappa shape index (κ3) is 2.26. The lowest BCUT2D eigenvalue weighted by Gasteiger charge is -2.27. The molecule has 0 aromatic heterocycles. The largest absolute Gasteiger partial charge is 0.399 e. The summed E-state index contributed by atoms with van der Waals surface area (Å²) in [5.41, 5.74) is 15.1. The van der Waals surface area contributed by atoms with Crippen LogP contribution in [0.25, 0.3) is 0 Å². The first kappa shape index (κ1) is 11.1. The first-order valence-corrected chi connectivity index (χ1v) is 4.94. The summed E-state index contributed by atoms with van der Waals surface area (Å²) in [7, 11) is 0. The minimum Gasteiger partial charge on any atom is -0.399 e. The quantitative estimate of drug-likeness (QED) is 0.672. The van der Waals surface area contributed by atoms with Crippen LogP contribution >= 0.6 is 0 Å². The highest BCUT2D eigenvalue weighted by atomic mass is 14.7. The molecule has 1 atom stereocenters. The van der Waals surface area contributed by atoms with E-state index in [1.807, 2.05) is 19.1 Å². The van der Waals surface area contributed by atoms with Gasteiger partial charge in [-0.1, -0.05) is 32.9 Å². The Morgan fingerprint density at radius 2 is 1.79 bits per heavy atom. The Labute approximate surface area is 86.3 Å². The lowest BCUT2D eigenvalue weighted by Crippen LogP contribution is -2.26. The normalized spacial score (nSPS) is 14.1. The van der Waals surface area contributed by atoms with Gasteiger partial charge in [0, 0.05) is 11.7 Å². The van der Waals surface area contributed by atoms with Gasteiger partial charge in [0.2, 0.25) is 0 Å². The minimum atomic E-state index is 0.0572.